The van der Waals surface area contributed by atoms with Crippen molar-refractivity contribution in [2.24, 2.45) is 5.41 Å². The number of benzene rings is 1. The number of piperidine rings is 1. The molecule has 4 heteroatoms. The van der Waals surface area contributed by atoms with Gasteiger partial charge in [-0.3, -0.25) is 4.79 Å². The van der Waals surface area contributed by atoms with Crippen LogP contribution in [0.5, 0.6) is 0 Å². The van der Waals surface area contributed by atoms with E-state index in [1.807, 2.05) is 13.8 Å². The van der Waals surface area contributed by atoms with Crippen molar-refractivity contribution >= 4 is 5.91 Å². The maximum Gasteiger partial charge on any atom is 0.217 e. The summed E-state index contributed by atoms with van der Waals surface area (Å²) in [5, 5.41) is 12.3. The molecule has 1 atom stereocenters. The van der Waals surface area contributed by atoms with Crippen molar-refractivity contribution in [1.29, 1.82) is 5.26 Å². The van der Waals surface area contributed by atoms with Gasteiger partial charge in [-0.2, -0.15) is 5.26 Å². The SMILES string of the molecule is CC(=O)N[C@H]1CCC2(CCN(CCCCC(C)(C)C#N)CC2)c2ccccc21. The fourth-order valence-corrected chi connectivity index (χ4v) is 5.07. The summed E-state index contributed by atoms with van der Waals surface area (Å²) >= 11 is 0. The predicted octanol–water partition coefficient (Wildman–Crippen LogP) is 4.71. The number of likely N-dealkylation sites (tertiary alicyclic amines) is 1. The zero-order valence-electron chi connectivity index (χ0n) is 17.8. The molecule has 0 aromatic heterocycles. The third-order valence-electron chi connectivity index (χ3n) is 6.84. The van der Waals surface area contributed by atoms with Crippen LogP contribution < -0.4 is 5.32 Å². The summed E-state index contributed by atoms with van der Waals surface area (Å²) in [6, 6.07) is 11.3. The normalized spacial score (nSPS) is 21.7. The highest BCUT2D eigenvalue weighted by molar-refractivity contribution is 5.73. The molecule has 1 saturated heterocycles. The van der Waals surface area contributed by atoms with E-state index in [0.29, 0.717) is 0 Å². The molecule has 1 aromatic carbocycles. The van der Waals surface area contributed by atoms with Gasteiger partial charge in [-0.1, -0.05) is 30.7 Å². The summed E-state index contributed by atoms with van der Waals surface area (Å²) in [5.74, 6) is 0.0603. The first-order valence-electron chi connectivity index (χ1n) is 10.9. The van der Waals surface area contributed by atoms with Crippen molar-refractivity contribution in [1.82, 2.24) is 10.2 Å². The number of hydrogen-bond donors (Lipinski definition) is 1. The van der Waals surface area contributed by atoms with Gasteiger partial charge in [-0.25, -0.2) is 0 Å². The van der Waals surface area contributed by atoms with Crippen molar-refractivity contribution in [3.63, 3.8) is 0 Å². The van der Waals surface area contributed by atoms with Crippen molar-refractivity contribution in [2.75, 3.05) is 19.6 Å². The highest BCUT2D eigenvalue weighted by atomic mass is 16.1. The van der Waals surface area contributed by atoms with Gasteiger partial charge >= 0.3 is 0 Å². The molecular formula is C24H35N3O. The minimum atomic E-state index is -0.192. The van der Waals surface area contributed by atoms with E-state index in [0.717, 1.165) is 38.9 Å². The first-order valence-corrected chi connectivity index (χ1v) is 10.9. The van der Waals surface area contributed by atoms with Crippen LogP contribution in [-0.2, 0) is 10.2 Å². The third-order valence-corrected chi connectivity index (χ3v) is 6.84. The lowest BCUT2D eigenvalue weighted by molar-refractivity contribution is -0.119. The molecule has 1 aromatic rings. The molecule has 1 spiro atoms. The standard InChI is InChI=1S/C24H35N3O/c1-19(28)26-22-10-12-24(21-9-5-4-8-20(21)22)13-16-27(17-14-24)15-7-6-11-23(2,3)18-25/h4-5,8-9,22H,6-7,10-17H2,1-3H3,(H,26,28)/t22-/m0/s1. The van der Waals surface area contributed by atoms with Crippen LogP contribution in [0.2, 0.25) is 0 Å². The molecule has 0 unspecified atom stereocenters. The molecule has 1 fully saturated rings. The molecule has 1 N–H and O–H groups in total. The Hall–Kier alpha value is -1.86. The molecule has 0 saturated carbocycles. The number of rotatable bonds is 6. The maximum absolute atomic E-state index is 11.6. The lowest BCUT2D eigenvalue weighted by Crippen LogP contribution is -2.46. The van der Waals surface area contributed by atoms with Crippen molar-refractivity contribution in [2.45, 2.75) is 77.2 Å². The van der Waals surface area contributed by atoms with E-state index in [9.17, 15) is 4.79 Å². The summed E-state index contributed by atoms with van der Waals surface area (Å²) in [7, 11) is 0. The minimum Gasteiger partial charge on any atom is -0.350 e. The average molecular weight is 382 g/mol. The predicted molar refractivity (Wildman–Crippen MR) is 113 cm³/mol. The van der Waals surface area contributed by atoms with E-state index in [1.165, 1.54) is 36.8 Å². The molecule has 28 heavy (non-hydrogen) atoms. The number of amides is 1. The van der Waals surface area contributed by atoms with Crippen LogP contribution in [0.15, 0.2) is 24.3 Å². The Kier molecular flexibility index (Phi) is 6.45. The molecule has 3 rings (SSSR count). The second-order valence-electron chi connectivity index (χ2n) is 9.45. The molecule has 4 nitrogen and oxygen atoms in total. The number of nitriles is 1. The number of nitrogens with zero attached hydrogens (tertiary/aromatic N) is 2. The molecule has 1 heterocycles. The van der Waals surface area contributed by atoms with Crippen LogP contribution in [-0.4, -0.2) is 30.4 Å². The average Bonchev–Trinajstić information content (AvgIpc) is 2.69. The quantitative estimate of drug-likeness (QED) is 0.726. The highest BCUT2D eigenvalue weighted by Gasteiger charge is 2.41. The fraction of sp³-hybridized carbons (Fsp3) is 0.667. The van der Waals surface area contributed by atoms with Crippen molar-refractivity contribution in [3.05, 3.63) is 35.4 Å². The van der Waals surface area contributed by atoms with Gasteiger partial charge in [-0.05, 0) is 88.5 Å². The van der Waals surface area contributed by atoms with Crippen LogP contribution in [0.1, 0.15) is 82.9 Å². The number of nitrogens with one attached hydrogen (secondary N) is 1. The number of carbonyl (C=O) groups excluding carboxylic acids is 1. The van der Waals surface area contributed by atoms with Crippen LogP contribution in [0.25, 0.3) is 0 Å². The number of unbranched alkanes of at least 4 members (excludes halogenated alkanes) is 1. The summed E-state index contributed by atoms with van der Waals surface area (Å²) in [5.41, 5.74) is 2.89. The molecule has 1 aliphatic heterocycles. The fourth-order valence-electron chi connectivity index (χ4n) is 5.07. The Morgan fingerprint density at radius 3 is 2.64 bits per heavy atom. The summed E-state index contributed by atoms with van der Waals surface area (Å²) in [6.45, 7) is 9.14. The van der Waals surface area contributed by atoms with Gasteiger partial charge in [0.15, 0.2) is 0 Å². The number of hydrogen-bond acceptors (Lipinski definition) is 3. The van der Waals surface area contributed by atoms with E-state index in [2.05, 4.69) is 40.6 Å². The van der Waals surface area contributed by atoms with E-state index in [4.69, 9.17) is 5.26 Å². The Bertz CT molecular complexity index is 726. The van der Waals surface area contributed by atoms with Gasteiger partial charge < -0.3 is 10.2 Å². The largest absolute Gasteiger partial charge is 0.350 e. The topological polar surface area (TPSA) is 56.1 Å². The van der Waals surface area contributed by atoms with Crippen LogP contribution in [0.4, 0.5) is 0 Å². The second-order valence-corrected chi connectivity index (χ2v) is 9.45. The first-order chi connectivity index (χ1) is 13.4. The summed E-state index contributed by atoms with van der Waals surface area (Å²) in [4.78, 5) is 14.2. The van der Waals surface area contributed by atoms with E-state index in [-0.39, 0.29) is 22.8 Å². The molecule has 1 amide bonds. The molecule has 1 aliphatic carbocycles. The van der Waals surface area contributed by atoms with Gasteiger partial charge in [0.05, 0.1) is 17.5 Å². The minimum absolute atomic E-state index is 0.0603. The van der Waals surface area contributed by atoms with Gasteiger partial charge in [0, 0.05) is 6.92 Å². The van der Waals surface area contributed by atoms with Gasteiger partial charge in [-0.15, -0.1) is 0 Å². The summed E-state index contributed by atoms with van der Waals surface area (Å²) < 4.78 is 0. The van der Waals surface area contributed by atoms with Crippen molar-refractivity contribution < 1.29 is 4.79 Å². The zero-order chi connectivity index (χ0) is 20.2. The summed E-state index contributed by atoms with van der Waals surface area (Å²) in [6.07, 6.45) is 7.92. The zero-order valence-corrected chi connectivity index (χ0v) is 17.8. The molecule has 0 radical (unpaired) electrons. The molecule has 152 valence electrons. The van der Waals surface area contributed by atoms with E-state index in [1.54, 1.807) is 6.92 Å². The van der Waals surface area contributed by atoms with Gasteiger partial charge in [0.25, 0.3) is 0 Å². The molecule has 0 bridgehead atoms. The lowest BCUT2D eigenvalue weighted by Gasteiger charge is -2.47. The van der Waals surface area contributed by atoms with E-state index < -0.39 is 0 Å². The number of fused-ring (bicyclic) bond motifs is 2. The monoisotopic (exact) mass is 381 g/mol. The van der Waals surface area contributed by atoms with Gasteiger partial charge in [0.1, 0.15) is 0 Å². The first kappa shape index (κ1) is 20.9. The maximum atomic E-state index is 11.6. The van der Waals surface area contributed by atoms with Gasteiger partial charge in [0.2, 0.25) is 5.91 Å². The third kappa shape index (κ3) is 4.75. The number of carbonyl (C=O) groups is 1. The Morgan fingerprint density at radius 1 is 1.25 bits per heavy atom. The Balaban J connectivity index is 1.57. The second kappa shape index (κ2) is 8.66. The van der Waals surface area contributed by atoms with Crippen LogP contribution in [0, 0.1) is 16.7 Å². The van der Waals surface area contributed by atoms with Crippen molar-refractivity contribution in [3.8, 4) is 6.07 Å². The molecule has 2 aliphatic rings. The Labute approximate surface area is 170 Å². The highest BCUT2D eigenvalue weighted by Crippen LogP contribution is 2.47. The van der Waals surface area contributed by atoms with E-state index >= 15 is 0 Å². The lowest BCUT2D eigenvalue weighted by atomic mass is 9.63. The van der Waals surface area contributed by atoms with Crippen LogP contribution in [0.3, 0.4) is 0 Å². The van der Waals surface area contributed by atoms with Crippen LogP contribution >= 0.6 is 0 Å². The smallest absolute Gasteiger partial charge is 0.217 e. The molecular weight excluding hydrogens is 346 g/mol. The Morgan fingerprint density at radius 2 is 1.96 bits per heavy atom.